The van der Waals surface area contributed by atoms with E-state index in [1.807, 2.05) is 0 Å². The van der Waals surface area contributed by atoms with Crippen molar-refractivity contribution >= 4 is 23.6 Å². The zero-order chi connectivity index (χ0) is 13.1. The Hall–Kier alpha value is -1.64. The lowest BCUT2D eigenvalue weighted by molar-refractivity contribution is -0.126. The van der Waals surface area contributed by atoms with Gasteiger partial charge in [0.1, 0.15) is 0 Å². The van der Waals surface area contributed by atoms with E-state index in [1.165, 1.54) is 16.4 Å². The number of carbonyl (C=O) groups excluding carboxylic acids is 2. The SMILES string of the molecule is CN1C[C@@H](NC(=O)CSc2nnnn2C)CC1=O. The van der Waals surface area contributed by atoms with Gasteiger partial charge >= 0.3 is 0 Å². The van der Waals surface area contributed by atoms with Gasteiger partial charge in [-0.05, 0) is 10.4 Å². The van der Waals surface area contributed by atoms with Crippen molar-refractivity contribution in [1.82, 2.24) is 30.4 Å². The molecular formula is C9H14N6O2S. The van der Waals surface area contributed by atoms with Crippen LogP contribution in [-0.4, -0.2) is 62.3 Å². The molecule has 0 spiro atoms. The van der Waals surface area contributed by atoms with Gasteiger partial charge in [0.2, 0.25) is 17.0 Å². The molecule has 1 aliphatic heterocycles. The van der Waals surface area contributed by atoms with Crippen molar-refractivity contribution in [3.05, 3.63) is 0 Å². The lowest BCUT2D eigenvalue weighted by Crippen LogP contribution is -2.37. The number of nitrogens with zero attached hydrogens (tertiary/aromatic N) is 5. The number of carbonyl (C=O) groups is 2. The Kier molecular flexibility index (Phi) is 3.80. The molecule has 9 heteroatoms. The van der Waals surface area contributed by atoms with E-state index in [-0.39, 0.29) is 23.6 Å². The van der Waals surface area contributed by atoms with Crippen molar-refractivity contribution in [2.24, 2.45) is 7.05 Å². The summed E-state index contributed by atoms with van der Waals surface area (Å²) >= 11 is 1.26. The first-order valence-electron chi connectivity index (χ1n) is 5.44. The third kappa shape index (κ3) is 2.97. The van der Waals surface area contributed by atoms with E-state index in [4.69, 9.17) is 0 Å². The van der Waals surface area contributed by atoms with Crippen LogP contribution in [0.1, 0.15) is 6.42 Å². The smallest absolute Gasteiger partial charge is 0.230 e. The molecule has 0 aromatic carbocycles. The summed E-state index contributed by atoms with van der Waals surface area (Å²) in [6.07, 6.45) is 0.373. The first-order valence-corrected chi connectivity index (χ1v) is 6.43. The van der Waals surface area contributed by atoms with Crippen LogP contribution in [0.4, 0.5) is 0 Å². The van der Waals surface area contributed by atoms with Gasteiger partial charge in [0.05, 0.1) is 11.8 Å². The van der Waals surface area contributed by atoms with E-state index in [0.29, 0.717) is 18.1 Å². The molecule has 0 radical (unpaired) electrons. The predicted octanol–water partition coefficient (Wildman–Crippen LogP) is -1.35. The molecule has 0 saturated carbocycles. The molecule has 1 aliphatic rings. The average molecular weight is 270 g/mol. The largest absolute Gasteiger partial charge is 0.350 e. The maximum Gasteiger partial charge on any atom is 0.230 e. The minimum atomic E-state index is -0.115. The maximum atomic E-state index is 11.7. The average Bonchev–Trinajstić information content (AvgIpc) is 2.84. The summed E-state index contributed by atoms with van der Waals surface area (Å²) in [7, 11) is 3.44. The van der Waals surface area contributed by atoms with Crippen molar-refractivity contribution in [2.45, 2.75) is 17.6 Å². The van der Waals surface area contributed by atoms with Crippen LogP contribution < -0.4 is 5.32 Å². The van der Waals surface area contributed by atoms with Crippen molar-refractivity contribution in [1.29, 1.82) is 0 Å². The molecule has 8 nitrogen and oxygen atoms in total. The van der Waals surface area contributed by atoms with Gasteiger partial charge in [0, 0.05) is 27.1 Å². The number of amides is 2. The number of likely N-dealkylation sites (N-methyl/N-ethyl adjacent to an activating group) is 1. The molecule has 2 amide bonds. The third-order valence-corrected chi connectivity index (χ3v) is 3.63. The van der Waals surface area contributed by atoms with Crippen molar-refractivity contribution in [3.63, 3.8) is 0 Å². The number of aromatic nitrogens is 4. The van der Waals surface area contributed by atoms with Crippen molar-refractivity contribution in [2.75, 3.05) is 19.3 Å². The minimum Gasteiger partial charge on any atom is -0.350 e. The maximum absolute atomic E-state index is 11.7. The lowest BCUT2D eigenvalue weighted by atomic mass is 10.2. The highest BCUT2D eigenvalue weighted by molar-refractivity contribution is 7.99. The molecule has 1 aromatic rings. The summed E-state index contributed by atoms with van der Waals surface area (Å²) in [4.78, 5) is 24.6. The molecule has 18 heavy (non-hydrogen) atoms. The molecule has 1 saturated heterocycles. The molecule has 1 atom stereocenters. The predicted molar refractivity (Wildman–Crippen MR) is 63.7 cm³/mol. The van der Waals surface area contributed by atoms with Gasteiger partial charge in [-0.2, -0.15) is 0 Å². The Labute approximate surface area is 108 Å². The van der Waals surface area contributed by atoms with Crippen LogP contribution >= 0.6 is 11.8 Å². The second-order valence-corrected chi connectivity index (χ2v) is 5.06. The van der Waals surface area contributed by atoms with Gasteiger partial charge in [-0.1, -0.05) is 11.8 Å². The molecular weight excluding hydrogens is 256 g/mol. The second kappa shape index (κ2) is 5.34. The second-order valence-electron chi connectivity index (χ2n) is 4.12. The van der Waals surface area contributed by atoms with E-state index in [0.717, 1.165) is 0 Å². The van der Waals surface area contributed by atoms with E-state index < -0.39 is 0 Å². The quantitative estimate of drug-likeness (QED) is 0.680. The van der Waals surface area contributed by atoms with Crippen LogP contribution in [0.5, 0.6) is 0 Å². The van der Waals surface area contributed by atoms with Gasteiger partial charge in [-0.25, -0.2) is 4.68 Å². The molecule has 98 valence electrons. The molecule has 2 heterocycles. The minimum absolute atomic E-state index is 0.0606. The lowest BCUT2D eigenvalue weighted by Gasteiger charge is -2.11. The number of tetrazole rings is 1. The first-order chi connectivity index (χ1) is 8.56. The Bertz CT molecular complexity index is 462. The zero-order valence-corrected chi connectivity index (χ0v) is 11.0. The van der Waals surface area contributed by atoms with Crippen LogP contribution in [0, 0.1) is 0 Å². The molecule has 1 aromatic heterocycles. The van der Waals surface area contributed by atoms with Crippen LogP contribution in [0.25, 0.3) is 0 Å². The summed E-state index contributed by atoms with van der Waals surface area (Å²) in [5, 5.41) is 14.3. The number of aryl methyl sites for hydroxylation is 1. The van der Waals surface area contributed by atoms with E-state index in [1.54, 1.807) is 19.0 Å². The summed E-state index contributed by atoms with van der Waals surface area (Å²) in [5.74, 6) is 0.185. The highest BCUT2D eigenvalue weighted by Gasteiger charge is 2.27. The molecule has 0 aliphatic carbocycles. The van der Waals surface area contributed by atoms with Crippen molar-refractivity contribution in [3.8, 4) is 0 Å². The first kappa shape index (κ1) is 12.8. The number of hydrogen-bond acceptors (Lipinski definition) is 6. The monoisotopic (exact) mass is 270 g/mol. The fourth-order valence-electron chi connectivity index (χ4n) is 1.70. The number of rotatable bonds is 4. The normalized spacial score (nSPS) is 19.3. The van der Waals surface area contributed by atoms with E-state index in [2.05, 4.69) is 20.8 Å². The summed E-state index contributed by atoms with van der Waals surface area (Å²) < 4.78 is 1.50. The van der Waals surface area contributed by atoms with Gasteiger partial charge in [0.15, 0.2) is 0 Å². The standard InChI is InChI=1S/C9H14N6O2S/c1-14-4-6(3-8(14)17)10-7(16)5-18-9-11-12-13-15(9)2/h6H,3-5H2,1-2H3,(H,10,16)/t6-/m0/s1. The molecule has 2 rings (SSSR count). The van der Waals surface area contributed by atoms with Crippen molar-refractivity contribution < 1.29 is 9.59 Å². The van der Waals surface area contributed by atoms with Crippen LogP contribution in [0.2, 0.25) is 0 Å². The third-order valence-electron chi connectivity index (χ3n) is 2.62. The molecule has 0 bridgehead atoms. The number of nitrogens with one attached hydrogen (secondary N) is 1. The van der Waals surface area contributed by atoms with E-state index in [9.17, 15) is 9.59 Å². The Morgan fingerprint density at radius 3 is 2.89 bits per heavy atom. The number of hydrogen-bond donors (Lipinski definition) is 1. The summed E-state index contributed by atoms with van der Waals surface area (Å²) in [6.45, 7) is 0.570. The van der Waals surface area contributed by atoms with Crippen LogP contribution in [-0.2, 0) is 16.6 Å². The topological polar surface area (TPSA) is 93.0 Å². The van der Waals surface area contributed by atoms with Crippen LogP contribution in [0.15, 0.2) is 5.16 Å². The molecule has 1 N–H and O–H groups in total. The molecule has 0 unspecified atom stereocenters. The fourth-order valence-corrected chi connectivity index (χ4v) is 2.36. The van der Waals surface area contributed by atoms with E-state index >= 15 is 0 Å². The zero-order valence-electron chi connectivity index (χ0n) is 10.2. The Morgan fingerprint density at radius 2 is 2.33 bits per heavy atom. The summed E-state index contributed by atoms with van der Waals surface area (Å²) in [5.41, 5.74) is 0. The fraction of sp³-hybridized carbons (Fsp3) is 0.667. The van der Waals surface area contributed by atoms with Crippen LogP contribution in [0.3, 0.4) is 0 Å². The van der Waals surface area contributed by atoms with Gasteiger partial charge in [-0.15, -0.1) is 5.10 Å². The Morgan fingerprint density at radius 1 is 1.56 bits per heavy atom. The summed E-state index contributed by atoms with van der Waals surface area (Å²) in [6, 6.07) is -0.0896. The highest BCUT2D eigenvalue weighted by Crippen LogP contribution is 2.13. The number of thioether (sulfide) groups is 1. The van der Waals surface area contributed by atoms with Gasteiger partial charge in [-0.3, -0.25) is 9.59 Å². The van der Waals surface area contributed by atoms with Gasteiger partial charge < -0.3 is 10.2 Å². The van der Waals surface area contributed by atoms with Gasteiger partial charge in [0.25, 0.3) is 0 Å². The molecule has 1 fully saturated rings. The number of likely N-dealkylation sites (tertiary alicyclic amines) is 1. The highest BCUT2D eigenvalue weighted by atomic mass is 32.2. The Balaban J connectivity index is 1.76.